The van der Waals surface area contributed by atoms with Gasteiger partial charge in [-0.3, -0.25) is 0 Å². The van der Waals surface area contributed by atoms with Gasteiger partial charge in [0, 0.05) is 19.3 Å². The summed E-state index contributed by atoms with van der Waals surface area (Å²) in [5, 5.41) is 9.63. The van der Waals surface area contributed by atoms with E-state index in [-0.39, 0.29) is 5.41 Å². The van der Waals surface area contributed by atoms with Crippen LogP contribution in [0.1, 0.15) is 20.8 Å². The third kappa shape index (κ3) is 3.82. The lowest BCUT2D eigenvalue weighted by atomic mass is 9.95. The third-order valence-corrected chi connectivity index (χ3v) is 2.89. The normalized spacial score (nSPS) is 10.9. The van der Waals surface area contributed by atoms with Crippen LogP contribution in [0.25, 0.3) is 0 Å². The van der Waals surface area contributed by atoms with Gasteiger partial charge < -0.3 is 9.64 Å². The van der Waals surface area contributed by atoms with Gasteiger partial charge in [-0.25, -0.2) is 0 Å². The Bertz CT molecular complexity index is 452. The molecule has 0 bridgehead atoms. The zero-order chi connectivity index (χ0) is 13.8. The molecule has 0 aromatic heterocycles. The Morgan fingerprint density at radius 3 is 2.61 bits per heavy atom. The highest BCUT2D eigenvalue weighted by Gasteiger charge is 2.19. The molecule has 0 spiro atoms. The Labute approximate surface area is 114 Å². The van der Waals surface area contributed by atoms with Crippen LogP contribution in [0.2, 0.25) is 5.02 Å². The fourth-order valence-corrected chi connectivity index (χ4v) is 1.95. The number of benzene rings is 1. The quantitative estimate of drug-likeness (QED) is 0.815. The van der Waals surface area contributed by atoms with Crippen molar-refractivity contribution in [3.05, 3.63) is 23.2 Å². The smallest absolute Gasteiger partial charge is 0.138 e. The number of hydrogen-bond acceptors (Lipinski definition) is 3. The van der Waals surface area contributed by atoms with Crippen molar-refractivity contribution in [2.24, 2.45) is 5.41 Å². The van der Waals surface area contributed by atoms with Gasteiger partial charge in [0.1, 0.15) is 5.75 Å². The first-order valence-corrected chi connectivity index (χ1v) is 6.32. The van der Waals surface area contributed by atoms with Gasteiger partial charge in [-0.15, -0.1) is 0 Å². The molecule has 0 atom stereocenters. The van der Waals surface area contributed by atoms with Gasteiger partial charge in [0.15, 0.2) is 0 Å². The second-order valence-corrected chi connectivity index (χ2v) is 5.31. The molecule has 4 heteroatoms. The van der Waals surface area contributed by atoms with Crippen LogP contribution in [-0.2, 0) is 0 Å². The molecule has 0 aliphatic heterocycles. The van der Waals surface area contributed by atoms with Crippen molar-refractivity contribution in [2.75, 3.05) is 25.1 Å². The van der Waals surface area contributed by atoms with Gasteiger partial charge in [0.25, 0.3) is 0 Å². The summed E-state index contributed by atoms with van der Waals surface area (Å²) in [6.07, 6.45) is 0. The molecule has 0 saturated carbocycles. The SMILES string of the molecule is CCOc1ccc(N(C)CC(C)(C)C#N)cc1Cl. The van der Waals surface area contributed by atoms with E-state index in [9.17, 15) is 0 Å². The highest BCUT2D eigenvalue weighted by Crippen LogP contribution is 2.30. The summed E-state index contributed by atoms with van der Waals surface area (Å²) in [6, 6.07) is 7.96. The predicted octanol–water partition coefficient (Wildman–Crippen LogP) is 3.72. The Hall–Kier alpha value is -1.40. The van der Waals surface area contributed by atoms with Crippen molar-refractivity contribution in [2.45, 2.75) is 20.8 Å². The number of hydrogen-bond donors (Lipinski definition) is 0. The minimum Gasteiger partial charge on any atom is -0.492 e. The maximum absolute atomic E-state index is 9.04. The monoisotopic (exact) mass is 266 g/mol. The molecule has 1 rings (SSSR count). The summed E-state index contributed by atoms with van der Waals surface area (Å²) in [5.41, 5.74) is 0.589. The number of nitriles is 1. The maximum Gasteiger partial charge on any atom is 0.138 e. The predicted molar refractivity (Wildman–Crippen MR) is 75.3 cm³/mol. The first-order valence-electron chi connectivity index (χ1n) is 5.94. The maximum atomic E-state index is 9.04. The fourth-order valence-electron chi connectivity index (χ4n) is 1.72. The van der Waals surface area contributed by atoms with E-state index in [1.807, 2.05) is 50.9 Å². The van der Waals surface area contributed by atoms with Gasteiger partial charge in [-0.1, -0.05) is 11.6 Å². The van der Waals surface area contributed by atoms with Crippen LogP contribution in [0.5, 0.6) is 5.75 Å². The minimum absolute atomic E-state index is 0.389. The van der Waals surface area contributed by atoms with E-state index < -0.39 is 0 Å². The highest BCUT2D eigenvalue weighted by molar-refractivity contribution is 6.32. The first-order chi connectivity index (χ1) is 8.39. The summed E-state index contributed by atoms with van der Waals surface area (Å²) in [7, 11) is 1.95. The average Bonchev–Trinajstić information content (AvgIpc) is 2.31. The first kappa shape index (κ1) is 14.7. The van der Waals surface area contributed by atoms with Gasteiger partial charge in [0.2, 0.25) is 0 Å². The Morgan fingerprint density at radius 1 is 1.44 bits per heavy atom. The van der Waals surface area contributed by atoms with E-state index in [4.69, 9.17) is 21.6 Å². The zero-order valence-corrected chi connectivity index (χ0v) is 12.1. The van der Waals surface area contributed by atoms with Crippen molar-refractivity contribution < 1.29 is 4.74 Å². The van der Waals surface area contributed by atoms with E-state index in [1.165, 1.54) is 0 Å². The molecule has 0 aliphatic carbocycles. The third-order valence-electron chi connectivity index (χ3n) is 2.59. The molecule has 18 heavy (non-hydrogen) atoms. The van der Waals surface area contributed by atoms with Crippen LogP contribution in [-0.4, -0.2) is 20.2 Å². The molecule has 1 aromatic carbocycles. The van der Waals surface area contributed by atoms with E-state index >= 15 is 0 Å². The average molecular weight is 267 g/mol. The largest absolute Gasteiger partial charge is 0.492 e. The lowest BCUT2D eigenvalue weighted by Gasteiger charge is -2.26. The van der Waals surface area contributed by atoms with E-state index in [0.717, 1.165) is 5.69 Å². The van der Waals surface area contributed by atoms with Crippen molar-refractivity contribution >= 4 is 17.3 Å². The molecule has 0 radical (unpaired) electrons. The molecule has 0 aliphatic rings. The highest BCUT2D eigenvalue weighted by atomic mass is 35.5. The second kappa shape index (κ2) is 5.97. The Kier molecular flexibility index (Phi) is 4.86. The zero-order valence-electron chi connectivity index (χ0n) is 11.3. The summed E-state index contributed by atoms with van der Waals surface area (Å²) in [4.78, 5) is 2.02. The van der Waals surface area contributed by atoms with E-state index in [2.05, 4.69) is 6.07 Å². The van der Waals surface area contributed by atoms with Crippen molar-refractivity contribution in [3.63, 3.8) is 0 Å². The van der Waals surface area contributed by atoms with Gasteiger partial charge in [-0.2, -0.15) is 5.26 Å². The van der Waals surface area contributed by atoms with Crippen LogP contribution in [0.3, 0.4) is 0 Å². The van der Waals surface area contributed by atoms with E-state index in [0.29, 0.717) is 23.9 Å². The van der Waals surface area contributed by atoms with Crippen LogP contribution < -0.4 is 9.64 Å². The second-order valence-electron chi connectivity index (χ2n) is 4.90. The molecule has 0 unspecified atom stereocenters. The molecule has 0 fully saturated rings. The van der Waals surface area contributed by atoms with Crippen molar-refractivity contribution in [1.29, 1.82) is 5.26 Å². The standard InChI is InChI=1S/C14H19ClN2O/c1-5-18-13-7-6-11(8-12(13)15)17(4)10-14(2,3)9-16/h6-8H,5,10H2,1-4H3. The molecule has 3 nitrogen and oxygen atoms in total. The number of nitrogens with zero attached hydrogens (tertiary/aromatic N) is 2. The topological polar surface area (TPSA) is 36.3 Å². The number of ether oxygens (including phenoxy) is 1. The number of halogens is 1. The van der Waals surface area contributed by atoms with E-state index in [1.54, 1.807) is 0 Å². The fraction of sp³-hybridized carbons (Fsp3) is 0.500. The summed E-state index contributed by atoms with van der Waals surface area (Å²) >= 11 is 6.14. The van der Waals surface area contributed by atoms with Gasteiger partial charge >= 0.3 is 0 Å². The molecule has 0 heterocycles. The summed E-state index contributed by atoms with van der Waals surface area (Å²) in [6.45, 7) is 7.00. The van der Waals surface area contributed by atoms with Crippen molar-refractivity contribution in [3.8, 4) is 11.8 Å². The van der Waals surface area contributed by atoms with Crippen LogP contribution in [0, 0.1) is 16.7 Å². The number of anilines is 1. The molecule has 0 amide bonds. The van der Waals surface area contributed by atoms with Crippen LogP contribution in [0.4, 0.5) is 5.69 Å². The molecule has 0 saturated heterocycles. The van der Waals surface area contributed by atoms with Gasteiger partial charge in [0.05, 0.1) is 23.1 Å². The lowest BCUT2D eigenvalue weighted by Crippen LogP contribution is -2.30. The van der Waals surface area contributed by atoms with Crippen molar-refractivity contribution in [1.82, 2.24) is 0 Å². The van der Waals surface area contributed by atoms with Crippen LogP contribution in [0.15, 0.2) is 18.2 Å². The number of rotatable bonds is 5. The Balaban J connectivity index is 2.85. The Morgan fingerprint density at radius 2 is 2.11 bits per heavy atom. The minimum atomic E-state index is -0.389. The molecule has 98 valence electrons. The molecule has 1 aromatic rings. The molecular formula is C14H19ClN2O. The summed E-state index contributed by atoms with van der Waals surface area (Å²) in [5.74, 6) is 0.691. The van der Waals surface area contributed by atoms with Gasteiger partial charge in [-0.05, 0) is 39.0 Å². The lowest BCUT2D eigenvalue weighted by molar-refractivity contribution is 0.340. The summed E-state index contributed by atoms with van der Waals surface area (Å²) < 4.78 is 5.39. The van der Waals surface area contributed by atoms with Crippen LogP contribution >= 0.6 is 11.6 Å². The molecule has 0 N–H and O–H groups in total. The molecular weight excluding hydrogens is 248 g/mol.